The van der Waals surface area contributed by atoms with Gasteiger partial charge < -0.3 is 16.2 Å². The van der Waals surface area contributed by atoms with Crippen molar-refractivity contribution < 1.29 is 48.7 Å². The zero-order chi connectivity index (χ0) is 45.3. The lowest BCUT2D eigenvalue weighted by Gasteiger charge is -2.28. The van der Waals surface area contributed by atoms with Gasteiger partial charge >= 0.3 is 0 Å². The number of carbonyl (C=O) groups is 2. The Balaban J connectivity index is 0.000000281. The molecule has 3 aromatic carbocycles. The van der Waals surface area contributed by atoms with Gasteiger partial charge in [-0.2, -0.15) is 0 Å². The van der Waals surface area contributed by atoms with Crippen LogP contribution in [0.25, 0.3) is 0 Å². The summed E-state index contributed by atoms with van der Waals surface area (Å²) in [7, 11) is -3.35. The quantitative estimate of drug-likeness (QED) is 0.0843. The molecule has 0 radical (unpaired) electrons. The summed E-state index contributed by atoms with van der Waals surface area (Å²) in [5.41, 5.74) is 11.0. The number of ketones is 2. The Kier molecular flexibility index (Phi) is 15.8. The fraction of sp³-hybridized carbons (Fsp3) is 0.286. The molecule has 0 unspecified atom stereocenters. The van der Waals surface area contributed by atoms with Crippen molar-refractivity contribution in [1.82, 2.24) is 19.0 Å². The van der Waals surface area contributed by atoms with Crippen molar-refractivity contribution in [3.05, 3.63) is 160 Å². The Morgan fingerprint density at radius 1 is 0.689 bits per heavy atom. The van der Waals surface area contributed by atoms with Gasteiger partial charge in [0.15, 0.2) is 11.6 Å². The Morgan fingerprint density at radius 2 is 1.11 bits per heavy atom. The van der Waals surface area contributed by atoms with E-state index in [2.05, 4.69) is 14.7 Å². The lowest BCUT2D eigenvalue weighted by molar-refractivity contribution is 0.0980. The predicted molar refractivity (Wildman–Crippen MR) is 221 cm³/mol. The number of ether oxygens (including phenoxy) is 1. The molecule has 5 rings (SSSR count). The van der Waals surface area contributed by atoms with Gasteiger partial charge in [-0.3, -0.25) is 19.6 Å². The highest BCUT2D eigenvalue weighted by Gasteiger charge is 2.34. The van der Waals surface area contributed by atoms with Crippen molar-refractivity contribution in [3.63, 3.8) is 0 Å². The fourth-order valence-corrected chi connectivity index (χ4v) is 8.64. The Hall–Kier alpha value is -5.44. The molecule has 19 heteroatoms. The predicted octanol–water partition coefficient (Wildman–Crippen LogP) is 4.94. The van der Waals surface area contributed by atoms with E-state index in [0.29, 0.717) is 16.9 Å². The first kappa shape index (κ1) is 48.2. The highest BCUT2D eigenvalue weighted by molar-refractivity contribution is 7.89. The molecular weight excluding hydrogens is 841 g/mol. The number of pyridine rings is 2. The van der Waals surface area contributed by atoms with Gasteiger partial charge in [-0.15, -0.1) is 0 Å². The summed E-state index contributed by atoms with van der Waals surface area (Å²) in [6.07, 6.45) is 1.63. The highest BCUT2D eigenvalue weighted by atomic mass is 32.2. The molecule has 0 amide bonds. The van der Waals surface area contributed by atoms with Crippen molar-refractivity contribution in [2.75, 3.05) is 32.7 Å². The normalized spacial score (nSPS) is 13.7. The number of halogens is 4. The molecule has 0 saturated carbocycles. The van der Waals surface area contributed by atoms with E-state index >= 15 is 0 Å². The average molecular weight is 887 g/mol. The van der Waals surface area contributed by atoms with Crippen LogP contribution in [0.2, 0.25) is 0 Å². The maximum atomic E-state index is 14.7. The molecule has 61 heavy (non-hydrogen) atoms. The monoisotopic (exact) mass is 886 g/mol. The summed E-state index contributed by atoms with van der Waals surface area (Å²) in [4.78, 5) is 32.2. The van der Waals surface area contributed by atoms with E-state index in [1.165, 1.54) is 71.5 Å². The molecule has 0 aliphatic rings. The molecule has 5 N–H and O–H groups in total. The number of nitrogens with one attached hydrogen (secondary N) is 1. The van der Waals surface area contributed by atoms with Crippen LogP contribution < -0.4 is 20.9 Å². The summed E-state index contributed by atoms with van der Waals surface area (Å²) in [6.45, 7) is 2.93. The second-order valence-electron chi connectivity index (χ2n) is 14.7. The van der Waals surface area contributed by atoms with E-state index in [1.807, 2.05) is 0 Å². The number of nitrogens with zero attached hydrogens (tertiary/aromatic N) is 3. The number of carbonyl (C=O) groups excluding carboxylic acids is 2. The number of hydrogen-bond donors (Lipinski definition) is 3. The molecule has 13 nitrogen and oxygen atoms in total. The van der Waals surface area contributed by atoms with Crippen LogP contribution in [-0.4, -0.2) is 75.4 Å². The lowest BCUT2D eigenvalue weighted by Crippen LogP contribution is -2.45. The minimum Gasteiger partial charge on any atom is -0.497 e. The molecule has 2 aromatic heterocycles. The second kappa shape index (κ2) is 20.0. The highest BCUT2D eigenvalue weighted by Crippen LogP contribution is 2.27. The third kappa shape index (κ3) is 13.5. The molecule has 2 atom stereocenters. The SMILES string of the molecule is CNS(=O)(=O)C[C@](C)(N)c1cc(CC(=O)c2ccc(F)cn2)ccc1F.COc1ccc(CN(C)S(=O)(=O)C[C@](C)(N)c2cc(CC(=O)c3ccc(F)cn3)ccc2F)cc1. The van der Waals surface area contributed by atoms with Gasteiger partial charge in [0.25, 0.3) is 0 Å². The van der Waals surface area contributed by atoms with Gasteiger partial charge in [-0.05, 0) is 86.1 Å². The first-order chi connectivity index (χ1) is 28.4. The summed E-state index contributed by atoms with van der Waals surface area (Å²) < 4.78 is 113. The van der Waals surface area contributed by atoms with Gasteiger partial charge in [0.05, 0.1) is 42.1 Å². The standard InChI is InChI=1S/C25H27F2N3O4S.C17H19F2N3O3S/c1-25(28,16-35(32,33)30(2)15-17-4-8-20(34-3)9-5-17)21-12-18(6-10-22(21)27)13-24(31)23-11-7-19(26)14-29-23;1-17(20,10-26(24,25)21-2)13-7-11(3-5-14(13)19)8-16(23)15-6-4-12(18)9-22-15/h4-12,14H,13,15-16,28H2,1-3H3;3-7,9,21H,8,10,20H2,1-2H3/t25-;17-/m00/s1. The number of aromatic nitrogens is 2. The van der Waals surface area contributed by atoms with Crippen LogP contribution >= 0.6 is 0 Å². The summed E-state index contributed by atoms with van der Waals surface area (Å²) in [5, 5.41) is 0. The maximum Gasteiger partial charge on any atom is 0.216 e. The van der Waals surface area contributed by atoms with E-state index in [0.717, 1.165) is 46.5 Å². The Labute approximate surface area is 352 Å². The van der Waals surface area contributed by atoms with Gasteiger partial charge in [-0.25, -0.2) is 43.4 Å². The number of rotatable bonds is 17. The van der Waals surface area contributed by atoms with Crippen LogP contribution in [0.15, 0.2) is 97.3 Å². The van der Waals surface area contributed by atoms with Crippen molar-refractivity contribution in [3.8, 4) is 5.75 Å². The van der Waals surface area contributed by atoms with Crippen LogP contribution in [-0.2, 0) is 50.5 Å². The minimum atomic E-state index is -3.88. The smallest absolute Gasteiger partial charge is 0.216 e. The van der Waals surface area contributed by atoms with E-state index < -0.39 is 71.7 Å². The Morgan fingerprint density at radius 3 is 1.51 bits per heavy atom. The molecule has 0 saturated heterocycles. The van der Waals surface area contributed by atoms with Crippen LogP contribution in [0.5, 0.6) is 5.75 Å². The van der Waals surface area contributed by atoms with E-state index in [9.17, 15) is 44.0 Å². The molecule has 0 aliphatic carbocycles. The molecule has 2 heterocycles. The van der Waals surface area contributed by atoms with E-state index in [-0.39, 0.29) is 47.7 Å². The van der Waals surface area contributed by atoms with Gasteiger partial charge in [0.2, 0.25) is 20.0 Å². The van der Waals surface area contributed by atoms with Crippen molar-refractivity contribution >= 4 is 31.6 Å². The van der Waals surface area contributed by atoms with E-state index in [4.69, 9.17) is 16.2 Å². The molecule has 326 valence electrons. The third-order valence-corrected chi connectivity index (χ3v) is 13.0. The summed E-state index contributed by atoms with van der Waals surface area (Å²) in [5.74, 6) is -3.69. The number of hydrogen-bond acceptors (Lipinski definition) is 11. The number of benzene rings is 3. The molecule has 0 fully saturated rings. The van der Waals surface area contributed by atoms with Crippen LogP contribution in [0.4, 0.5) is 17.6 Å². The van der Waals surface area contributed by atoms with Crippen molar-refractivity contribution in [2.24, 2.45) is 11.5 Å². The lowest BCUT2D eigenvalue weighted by atomic mass is 9.92. The third-order valence-electron chi connectivity index (χ3n) is 9.37. The maximum absolute atomic E-state index is 14.7. The molecular formula is C42H46F4N6O7S2. The van der Waals surface area contributed by atoms with Crippen LogP contribution in [0, 0.1) is 23.3 Å². The summed E-state index contributed by atoms with van der Waals surface area (Å²) in [6, 6.07) is 19.6. The number of sulfonamides is 2. The molecule has 0 bridgehead atoms. The number of Topliss-reactive ketones (excluding diaryl/α,β-unsaturated/α-hetero) is 2. The topological polar surface area (TPSA) is 205 Å². The Bertz CT molecular complexity index is 2560. The first-order valence-electron chi connectivity index (χ1n) is 18.4. The molecule has 0 aliphatic heterocycles. The van der Waals surface area contributed by atoms with E-state index in [1.54, 1.807) is 24.3 Å². The van der Waals surface area contributed by atoms with Crippen molar-refractivity contribution in [2.45, 2.75) is 44.3 Å². The summed E-state index contributed by atoms with van der Waals surface area (Å²) >= 11 is 0. The average Bonchev–Trinajstić information content (AvgIpc) is 3.19. The zero-order valence-electron chi connectivity index (χ0n) is 34.0. The number of nitrogens with two attached hydrogens (primary N) is 2. The molecule has 0 spiro atoms. The zero-order valence-corrected chi connectivity index (χ0v) is 35.6. The fourth-order valence-electron chi connectivity index (χ4n) is 6.07. The van der Waals surface area contributed by atoms with Gasteiger partial charge in [0, 0.05) is 37.6 Å². The largest absolute Gasteiger partial charge is 0.497 e. The van der Waals surface area contributed by atoms with Gasteiger partial charge in [-0.1, -0.05) is 36.4 Å². The minimum absolute atomic E-state index is 0.0197. The number of methoxy groups -OCH3 is 1. The van der Waals surface area contributed by atoms with Crippen LogP contribution in [0.1, 0.15) is 62.6 Å². The van der Waals surface area contributed by atoms with Crippen LogP contribution in [0.3, 0.4) is 0 Å². The van der Waals surface area contributed by atoms with Gasteiger partial charge in [0.1, 0.15) is 40.4 Å². The molecule has 5 aromatic rings. The first-order valence-corrected chi connectivity index (χ1v) is 21.6. The second-order valence-corrected chi connectivity index (χ2v) is 18.7. The van der Waals surface area contributed by atoms with Crippen molar-refractivity contribution in [1.29, 1.82) is 0 Å².